The van der Waals surface area contributed by atoms with E-state index in [9.17, 15) is 19.5 Å². The Balaban J connectivity index is 0.000000170. The van der Waals surface area contributed by atoms with Crippen LogP contribution in [-0.2, 0) is 4.79 Å². The van der Waals surface area contributed by atoms with Crippen molar-refractivity contribution in [2.24, 2.45) is 0 Å². The Morgan fingerprint density at radius 1 is 0.691 bits per heavy atom. The number of carbonyl (C=O) groups excluding carboxylic acids is 1. The van der Waals surface area contributed by atoms with Gasteiger partial charge in [-0.15, -0.1) is 0 Å². The van der Waals surface area contributed by atoms with E-state index < -0.39 is 5.97 Å². The van der Waals surface area contributed by atoms with Crippen LogP contribution in [0.2, 0.25) is 0 Å². The second-order valence-corrected chi connectivity index (χ2v) is 13.5. The quantitative estimate of drug-likeness (QED) is 0.0725. The third-order valence-corrected chi connectivity index (χ3v) is 10.4. The van der Waals surface area contributed by atoms with Crippen molar-refractivity contribution in [2.45, 2.75) is 34.6 Å². The zero-order valence-electron chi connectivity index (χ0n) is 31.8. The molecule has 0 atom stereocenters. The molecule has 4 heterocycles. The van der Waals surface area contributed by atoms with E-state index in [0.717, 1.165) is 96.8 Å². The van der Waals surface area contributed by atoms with Crippen LogP contribution < -0.4 is 26.2 Å². The van der Waals surface area contributed by atoms with E-state index in [0.29, 0.717) is 27.3 Å². The summed E-state index contributed by atoms with van der Waals surface area (Å²) in [5.41, 5.74) is 6.10. The molecule has 8 aromatic rings. The summed E-state index contributed by atoms with van der Waals surface area (Å²) in [5, 5.41) is 18.9. The van der Waals surface area contributed by atoms with Crippen LogP contribution in [0.15, 0.2) is 82.9 Å². The number of nitrogens with one attached hydrogen (secondary N) is 2. The molecule has 3 N–H and O–H groups in total. The largest absolute Gasteiger partial charge is 0.508 e. The maximum Gasteiger partial charge on any atom is 0.308 e. The van der Waals surface area contributed by atoms with Crippen LogP contribution in [0, 0.1) is 0 Å². The number of carbonyl (C=O) groups is 1. The van der Waals surface area contributed by atoms with Crippen LogP contribution in [-0.4, -0.2) is 92.0 Å². The van der Waals surface area contributed by atoms with E-state index in [4.69, 9.17) is 4.74 Å². The zero-order valence-corrected chi connectivity index (χ0v) is 31.8. The van der Waals surface area contributed by atoms with Crippen molar-refractivity contribution in [3.8, 4) is 11.5 Å². The minimum absolute atomic E-state index is 0.0835. The SMILES string of the molecule is CCN(CC)CCNc1ccc2ncn3c4ccc(O)cc4c(=O)c1c23.CCN(CC)CCNc1ccc2ncn3c4ccc(OC(C)=O)cc4c(=O)c1c23. The molecular weight excluding hydrogens is 697 g/mol. The summed E-state index contributed by atoms with van der Waals surface area (Å²) in [7, 11) is 0. The van der Waals surface area contributed by atoms with Crippen molar-refractivity contribution < 1.29 is 14.6 Å². The lowest BCUT2D eigenvalue weighted by Crippen LogP contribution is -2.28. The van der Waals surface area contributed by atoms with Gasteiger partial charge in [0.15, 0.2) is 10.9 Å². The Kier molecular flexibility index (Phi) is 10.7. The van der Waals surface area contributed by atoms with Crippen molar-refractivity contribution in [3.05, 3.63) is 93.8 Å². The Labute approximate surface area is 317 Å². The van der Waals surface area contributed by atoms with Crippen molar-refractivity contribution in [2.75, 3.05) is 63.0 Å². The number of esters is 1. The summed E-state index contributed by atoms with van der Waals surface area (Å²) >= 11 is 0. The predicted molar refractivity (Wildman–Crippen MR) is 221 cm³/mol. The van der Waals surface area contributed by atoms with Gasteiger partial charge < -0.3 is 30.3 Å². The number of phenolic OH excluding ortho intramolecular Hbond substituents is 1. The number of pyridine rings is 2. The minimum atomic E-state index is -0.419. The number of imidazole rings is 2. The third-order valence-electron chi connectivity index (χ3n) is 10.4. The normalized spacial score (nSPS) is 11.8. The van der Waals surface area contributed by atoms with Crippen molar-refractivity contribution >= 4 is 72.0 Å². The van der Waals surface area contributed by atoms with Gasteiger partial charge in [0.05, 0.1) is 54.6 Å². The molecule has 55 heavy (non-hydrogen) atoms. The lowest BCUT2D eigenvalue weighted by atomic mass is 10.1. The summed E-state index contributed by atoms with van der Waals surface area (Å²) in [6, 6.07) is 17.7. The highest BCUT2D eigenvalue weighted by atomic mass is 16.5. The second-order valence-electron chi connectivity index (χ2n) is 13.5. The van der Waals surface area contributed by atoms with E-state index in [1.807, 2.05) is 33.1 Å². The number of anilines is 2. The molecule has 0 saturated heterocycles. The van der Waals surface area contributed by atoms with Gasteiger partial charge in [-0.3, -0.25) is 23.2 Å². The van der Waals surface area contributed by atoms with Crippen LogP contribution >= 0.6 is 0 Å². The highest BCUT2D eigenvalue weighted by Crippen LogP contribution is 2.31. The number of benzene rings is 4. The first kappa shape index (κ1) is 37.3. The van der Waals surface area contributed by atoms with Gasteiger partial charge in [0, 0.05) is 44.5 Å². The fourth-order valence-electron chi connectivity index (χ4n) is 7.43. The summed E-state index contributed by atoms with van der Waals surface area (Å²) in [5.74, 6) is 0.0256. The lowest BCUT2D eigenvalue weighted by Gasteiger charge is -2.19. The predicted octanol–water partition coefficient (Wildman–Crippen LogP) is 6.02. The molecule has 13 heteroatoms. The number of nitrogens with zero attached hydrogens (tertiary/aromatic N) is 6. The van der Waals surface area contributed by atoms with Gasteiger partial charge in [-0.05, 0) is 86.8 Å². The number of fused-ring (bicyclic) bond motifs is 4. The molecule has 8 rings (SSSR count). The van der Waals surface area contributed by atoms with Crippen LogP contribution in [0.5, 0.6) is 11.5 Å². The molecule has 0 fully saturated rings. The number of ether oxygens (including phenoxy) is 1. The van der Waals surface area contributed by atoms with Crippen LogP contribution in [0.3, 0.4) is 0 Å². The first-order valence-electron chi connectivity index (χ1n) is 18.8. The molecule has 284 valence electrons. The first-order chi connectivity index (χ1) is 26.7. The molecule has 4 aromatic carbocycles. The van der Waals surface area contributed by atoms with E-state index in [1.165, 1.54) is 13.0 Å². The first-order valence-corrected chi connectivity index (χ1v) is 18.8. The number of hydrogen-bond acceptors (Lipinski definition) is 11. The van der Waals surface area contributed by atoms with Crippen molar-refractivity contribution in [3.63, 3.8) is 0 Å². The number of hydrogen-bond donors (Lipinski definition) is 3. The second kappa shape index (κ2) is 15.7. The summed E-state index contributed by atoms with van der Waals surface area (Å²) in [6.45, 7) is 17.2. The average Bonchev–Trinajstić information content (AvgIpc) is 3.82. The van der Waals surface area contributed by atoms with Crippen molar-refractivity contribution in [1.29, 1.82) is 0 Å². The Bertz CT molecular complexity index is 2750. The van der Waals surface area contributed by atoms with E-state index in [-0.39, 0.29) is 16.6 Å². The molecule has 13 nitrogen and oxygen atoms in total. The third kappa shape index (κ3) is 7.04. The van der Waals surface area contributed by atoms with Crippen LogP contribution in [0.4, 0.5) is 11.4 Å². The van der Waals surface area contributed by atoms with E-state index in [1.54, 1.807) is 43.0 Å². The summed E-state index contributed by atoms with van der Waals surface area (Å²) < 4.78 is 9.03. The van der Waals surface area contributed by atoms with Gasteiger partial charge in [-0.2, -0.15) is 0 Å². The Hall–Kier alpha value is -6.05. The molecule has 0 unspecified atom stereocenters. The molecule has 0 saturated carbocycles. The number of aromatic hydroxyl groups is 1. The summed E-state index contributed by atoms with van der Waals surface area (Å²) in [6.07, 6.45) is 3.46. The molecule has 0 spiro atoms. The van der Waals surface area contributed by atoms with Gasteiger partial charge in [0.25, 0.3) is 0 Å². The zero-order chi connectivity index (χ0) is 38.8. The number of aromatic nitrogens is 4. The van der Waals surface area contributed by atoms with E-state index >= 15 is 0 Å². The highest BCUT2D eigenvalue weighted by Gasteiger charge is 2.19. The molecule has 0 aliphatic carbocycles. The molecule has 4 aromatic heterocycles. The fraction of sp³-hybridized carbons (Fsp3) is 0.310. The highest BCUT2D eigenvalue weighted by molar-refractivity contribution is 6.08. The lowest BCUT2D eigenvalue weighted by molar-refractivity contribution is -0.131. The topological polar surface area (TPSA) is 146 Å². The van der Waals surface area contributed by atoms with Crippen LogP contribution in [0.1, 0.15) is 34.6 Å². The monoisotopic (exact) mass is 742 g/mol. The molecule has 0 aliphatic rings. The maximum absolute atomic E-state index is 13.4. The van der Waals surface area contributed by atoms with Gasteiger partial charge in [-0.25, -0.2) is 9.97 Å². The summed E-state index contributed by atoms with van der Waals surface area (Å²) in [4.78, 5) is 51.5. The van der Waals surface area contributed by atoms with Gasteiger partial charge in [0.2, 0.25) is 0 Å². The number of rotatable bonds is 13. The van der Waals surface area contributed by atoms with Gasteiger partial charge in [0.1, 0.15) is 24.2 Å². The Morgan fingerprint density at radius 3 is 1.64 bits per heavy atom. The number of phenols is 1. The Morgan fingerprint density at radius 2 is 1.16 bits per heavy atom. The molecule has 0 amide bonds. The standard InChI is InChI=1S/C22H24N4O3.C20H22N4O2/c1-4-25(5-2)11-10-23-17-7-8-18-21-20(17)22(28)16-12-15(29-14(3)27)6-9-19(16)26(21)13-24-18;1-3-23(4-2)10-9-21-15-6-7-16-19-18(15)20(26)14-11-13(25)5-8-17(14)24(19)12-22-16/h6-9,12-13,23H,4-5,10-11H2,1-3H3;5-8,11-12,21,25H,3-4,9-10H2,1-2H3. The molecule has 0 radical (unpaired) electrons. The molecule has 0 bridgehead atoms. The number of likely N-dealkylation sites (N-methyl/N-ethyl adjacent to an activating group) is 2. The minimum Gasteiger partial charge on any atom is -0.508 e. The average molecular weight is 743 g/mol. The fourth-order valence-corrected chi connectivity index (χ4v) is 7.43. The van der Waals surface area contributed by atoms with Crippen LogP contribution in [0.25, 0.3) is 54.6 Å². The van der Waals surface area contributed by atoms with Gasteiger partial charge >= 0.3 is 5.97 Å². The molecular formula is C42H46N8O5. The van der Waals surface area contributed by atoms with E-state index in [2.05, 4.69) is 58.1 Å². The van der Waals surface area contributed by atoms with Gasteiger partial charge in [-0.1, -0.05) is 27.7 Å². The maximum atomic E-state index is 13.4. The molecule has 0 aliphatic heterocycles. The van der Waals surface area contributed by atoms with Crippen molar-refractivity contribution in [1.82, 2.24) is 28.6 Å². The smallest absolute Gasteiger partial charge is 0.308 e.